The summed E-state index contributed by atoms with van der Waals surface area (Å²) in [4.78, 5) is 11.1. The van der Waals surface area contributed by atoms with E-state index in [1.807, 2.05) is 24.3 Å². The summed E-state index contributed by atoms with van der Waals surface area (Å²) in [5.74, 6) is 5.02. The van der Waals surface area contributed by atoms with Gasteiger partial charge in [-0.1, -0.05) is 12.1 Å². The van der Waals surface area contributed by atoms with Gasteiger partial charge in [0.2, 0.25) is 0 Å². The Bertz CT molecular complexity index is 313. The number of ether oxygens (including phenoxy) is 1. The van der Waals surface area contributed by atoms with Gasteiger partial charge < -0.3 is 10.2 Å². The van der Waals surface area contributed by atoms with Crippen LogP contribution in [0.15, 0.2) is 24.3 Å². The lowest BCUT2D eigenvalue weighted by molar-refractivity contribution is -0.142. The minimum atomic E-state index is -0.221. The number of esters is 1. The highest BCUT2D eigenvalue weighted by atomic mass is 16.5. The summed E-state index contributed by atoms with van der Waals surface area (Å²) >= 11 is 0. The molecule has 14 heavy (non-hydrogen) atoms. The molecule has 0 saturated heterocycles. The SMILES string of the molecule is CCOC(=O)Cc1cccc(NN)c1. The number of hydrazine groups is 1. The van der Waals surface area contributed by atoms with Crippen molar-refractivity contribution < 1.29 is 9.53 Å². The van der Waals surface area contributed by atoms with Crippen LogP contribution in [0.1, 0.15) is 12.5 Å². The Morgan fingerprint density at radius 3 is 3.00 bits per heavy atom. The zero-order valence-electron chi connectivity index (χ0n) is 8.12. The molecule has 0 spiro atoms. The zero-order valence-corrected chi connectivity index (χ0v) is 8.12. The van der Waals surface area contributed by atoms with Crippen LogP contribution in [0.2, 0.25) is 0 Å². The first-order valence-electron chi connectivity index (χ1n) is 4.47. The van der Waals surface area contributed by atoms with Crippen LogP contribution in [0.5, 0.6) is 0 Å². The number of hydrogen-bond acceptors (Lipinski definition) is 4. The van der Waals surface area contributed by atoms with Crippen molar-refractivity contribution in [1.82, 2.24) is 0 Å². The summed E-state index contributed by atoms with van der Waals surface area (Å²) in [6.45, 7) is 2.20. The van der Waals surface area contributed by atoms with Crippen LogP contribution < -0.4 is 11.3 Å². The van der Waals surface area contributed by atoms with Crippen LogP contribution in [-0.4, -0.2) is 12.6 Å². The Kier molecular flexibility index (Phi) is 3.94. The summed E-state index contributed by atoms with van der Waals surface area (Å²) in [5, 5.41) is 0. The van der Waals surface area contributed by atoms with E-state index in [-0.39, 0.29) is 12.4 Å². The molecule has 0 atom stereocenters. The summed E-state index contributed by atoms with van der Waals surface area (Å²) in [5.41, 5.74) is 4.19. The van der Waals surface area contributed by atoms with Crippen molar-refractivity contribution in [1.29, 1.82) is 0 Å². The number of anilines is 1. The highest BCUT2D eigenvalue weighted by Crippen LogP contribution is 2.09. The van der Waals surface area contributed by atoms with Crippen molar-refractivity contribution in [3.05, 3.63) is 29.8 Å². The maximum atomic E-state index is 11.1. The Morgan fingerprint density at radius 2 is 2.36 bits per heavy atom. The topological polar surface area (TPSA) is 64.3 Å². The van der Waals surface area contributed by atoms with Gasteiger partial charge in [0.05, 0.1) is 13.0 Å². The Hall–Kier alpha value is -1.55. The molecule has 0 bridgehead atoms. The van der Waals surface area contributed by atoms with Gasteiger partial charge >= 0.3 is 5.97 Å². The lowest BCUT2D eigenvalue weighted by Crippen LogP contribution is -2.09. The lowest BCUT2D eigenvalue weighted by atomic mass is 10.1. The zero-order chi connectivity index (χ0) is 10.4. The number of nitrogens with two attached hydrogens (primary N) is 1. The van der Waals surface area contributed by atoms with Crippen molar-refractivity contribution in [2.24, 2.45) is 5.84 Å². The van der Waals surface area contributed by atoms with Gasteiger partial charge in [0.15, 0.2) is 0 Å². The van der Waals surface area contributed by atoms with Gasteiger partial charge in [0.25, 0.3) is 0 Å². The molecule has 0 aliphatic rings. The van der Waals surface area contributed by atoms with Crippen LogP contribution in [-0.2, 0) is 16.0 Å². The van der Waals surface area contributed by atoms with Gasteiger partial charge in [0.1, 0.15) is 0 Å². The van der Waals surface area contributed by atoms with Crippen LogP contribution in [0.25, 0.3) is 0 Å². The molecule has 0 radical (unpaired) electrons. The molecule has 1 aromatic rings. The number of carbonyl (C=O) groups is 1. The first-order valence-corrected chi connectivity index (χ1v) is 4.47. The van der Waals surface area contributed by atoms with Crippen LogP contribution in [0.4, 0.5) is 5.69 Å². The molecule has 1 aromatic carbocycles. The average molecular weight is 194 g/mol. The van der Waals surface area contributed by atoms with E-state index in [2.05, 4.69) is 5.43 Å². The van der Waals surface area contributed by atoms with E-state index in [1.54, 1.807) is 6.92 Å². The number of nitrogens with one attached hydrogen (secondary N) is 1. The second kappa shape index (κ2) is 5.24. The first kappa shape index (κ1) is 10.5. The van der Waals surface area contributed by atoms with Crippen molar-refractivity contribution in [3.8, 4) is 0 Å². The van der Waals surface area contributed by atoms with E-state index >= 15 is 0 Å². The van der Waals surface area contributed by atoms with Crippen molar-refractivity contribution in [3.63, 3.8) is 0 Å². The normalized spacial score (nSPS) is 9.57. The second-order valence-electron chi connectivity index (χ2n) is 2.83. The smallest absolute Gasteiger partial charge is 0.310 e. The quantitative estimate of drug-likeness (QED) is 0.427. The number of rotatable bonds is 4. The number of hydrogen-bond donors (Lipinski definition) is 2. The molecule has 0 amide bonds. The molecule has 0 aromatic heterocycles. The van der Waals surface area contributed by atoms with Gasteiger partial charge in [-0.05, 0) is 24.6 Å². The van der Waals surface area contributed by atoms with Crippen molar-refractivity contribution in [2.75, 3.05) is 12.0 Å². The molecule has 4 heteroatoms. The van der Waals surface area contributed by atoms with E-state index in [0.717, 1.165) is 11.3 Å². The predicted molar refractivity (Wildman–Crippen MR) is 54.6 cm³/mol. The van der Waals surface area contributed by atoms with E-state index in [0.29, 0.717) is 6.61 Å². The predicted octanol–water partition coefficient (Wildman–Crippen LogP) is 1.08. The number of nitrogen functional groups attached to an aromatic ring is 1. The molecule has 1 rings (SSSR count). The van der Waals surface area contributed by atoms with Gasteiger partial charge in [-0.25, -0.2) is 0 Å². The number of benzene rings is 1. The minimum Gasteiger partial charge on any atom is -0.466 e. The molecule has 3 N–H and O–H groups in total. The van der Waals surface area contributed by atoms with Gasteiger partial charge in [0, 0.05) is 5.69 Å². The molecular formula is C10H14N2O2. The van der Waals surface area contributed by atoms with E-state index in [9.17, 15) is 4.79 Å². The fraction of sp³-hybridized carbons (Fsp3) is 0.300. The summed E-state index contributed by atoms with van der Waals surface area (Å²) in [6.07, 6.45) is 0.281. The fourth-order valence-electron chi connectivity index (χ4n) is 1.15. The molecule has 0 heterocycles. The third-order valence-corrected chi connectivity index (χ3v) is 1.75. The number of carbonyl (C=O) groups excluding carboxylic acids is 1. The Morgan fingerprint density at radius 1 is 1.57 bits per heavy atom. The molecule has 0 fully saturated rings. The molecule has 0 unspecified atom stereocenters. The second-order valence-corrected chi connectivity index (χ2v) is 2.83. The third-order valence-electron chi connectivity index (χ3n) is 1.75. The molecule has 4 nitrogen and oxygen atoms in total. The van der Waals surface area contributed by atoms with E-state index in [4.69, 9.17) is 10.6 Å². The minimum absolute atomic E-state index is 0.221. The van der Waals surface area contributed by atoms with Gasteiger partial charge in [-0.2, -0.15) is 0 Å². The van der Waals surface area contributed by atoms with E-state index in [1.165, 1.54) is 0 Å². The molecule has 76 valence electrons. The van der Waals surface area contributed by atoms with Crippen LogP contribution in [0, 0.1) is 0 Å². The van der Waals surface area contributed by atoms with Crippen molar-refractivity contribution in [2.45, 2.75) is 13.3 Å². The Labute approximate surface area is 83.0 Å². The maximum absolute atomic E-state index is 11.1. The largest absolute Gasteiger partial charge is 0.466 e. The Balaban J connectivity index is 2.62. The highest BCUT2D eigenvalue weighted by Gasteiger charge is 2.03. The molecular weight excluding hydrogens is 180 g/mol. The van der Waals surface area contributed by atoms with Gasteiger partial charge in [-0.15, -0.1) is 0 Å². The first-order chi connectivity index (χ1) is 6.76. The third kappa shape index (κ3) is 3.06. The molecule has 0 aliphatic heterocycles. The van der Waals surface area contributed by atoms with Crippen LogP contribution in [0.3, 0.4) is 0 Å². The standard InChI is InChI=1S/C10H14N2O2/c1-2-14-10(13)7-8-4-3-5-9(6-8)12-11/h3-6,12H,2,7,11H2,1H3. The average Bonchev–Trinajstić information content (AvgIpc) is 2.18. The van der Waals surface area contributed by atoms with Gasteiger partial charge in [-0.3, -0.25) is 10.6 Å². The monoisotopic (exact) mass is 194 g/mol. The maximum Gasteiger partial charge on any atom is 0.310 e. The lowest BCUT2D eigenvalue weighted by Gasteiger charge is -2.04. The fourth-order valence-corrected chi connectivity index (χ4v) is 1.15. The summed E-state index contributed by atoms with van der Waals surface area (Å²) in [7, 11) is 0. The molecule has 0 aliphatic carbocycles. The summed E-state index contributed by atoms with van der Waals surface area (Å²) < 4.78 is 4.83. The van der Waals surface area contributed by atoms with Crippen molar-refractivity contribution >= 4 is 11.7 Å². The summed E-state index contributed by atoms with van der Waals surface area (Å²) in [6, 6.07) is 7.34. The molecule has 0 saturated carbocycles. The van der Waals surface area contributed by atoms with E-state index < -0.39 is 0 Å². The highest BCUT2D eigenvalue weighted by molar-refractivity contribution is 5.73. The van der Waals surface area contributed by atoms with Crippen LogP contribution >= 0.6 is 0 Å².